The van der Waals surface area contributed by atoms with E-state index in [1.165, 1.54) is 6.07 Å². The molecule has 1 N–H and O–H groups in total. The van der Waals surface area contributed by atoms with Gasteiger partial charge in [-0.3, -0.25) is 9.71 Å². The van der Waals surface area contributed by atoms with E-state index in [2.05, 4.69) is 9.71 Å². The molecule has 2 aromatic rings. The van der Waals surface area contributed by atoms with E-state index in [1.54, 1.807) is 42.5 Å². The molecule has 6 nitrogen and oxygen atoms in total. The molecule has 1 aliphatic heterocycles. The summed E-state index contributed by atoms with van der Waals surface area (Å²) in [7, 11) is -3.69. The van der Waals surface area contributed by atoms with Crippen LogP contribution in [0.3, 0.4) is 0 Å². The van der Waals surface area contributed by atoms with Gasteiger partial charge >= 0.3 is 0 Å². The van der Waals surface area contributed by atoms with Gasteiger partial charge in [0, 0.05) is 12.0 Å². The lowest BCUT2D eigenvalue weighted by molar-refractivity contribution is -0.307. The molecular formula is C16H13N2O4S-. The first-order chi connectivity index (χ1) is 11.0. The molecule has 3 rings (SSSR count). The van der Waals surface area contributed by atoms with E-state index < -0.39 is 22.0 Å². The van der Waals surface area contributed by atoms with Crippen molar-refractivity contribution >= 4 is 21.8 Å². The van der Waals surface area contributed by atoms with Crippen LogP contribution < -0.4 is 9.83 Å². The van der Waals surface area contributed by atoms with E-state index in [-0.39, 0.29) is 17.2 Å². The molecule has 0 unspecified atom stereocenters. The van der Waals surface area contributed by atoms with Crippen LogP contribution in [-0.2, 0) is 21.2 Å². The number of hydrogen-bond acceptors (Lipinski definition) is 5. The topological polar surface area (TPSA) is 98.7 Å². The smallest absolute Gasteiger partial charge is 0.263 e. The lowest BCUT2D eigenvalue weighted by atomic mass is 10.1. The molecule has 0 bridgehead atoms. The summed E-state index contributed by atoms with van der Waals surface area (Å²) < 4.78 is 26.3. The Bertz CT molecular complexity index is 876. The fraction of sp³-hybridized carbons (Fsp3) is 0.125. The van der Waals surface area contributed by atoms with Gasteiger partial charge in [0.25, 0.3) is 10.0 Å². The first-order valence-electron chi connectivity index (χ1n) is 6.92. The highest BCUT2D eigenvalue weighted by Crippen LogP contribution is 2.22. The summed E-state index contributed by atoms with van der Waals surface area (Å²) in [6.45, 7) is 0. The SMILES string of the molecule is O=C([O-])[C@H](Cc1ccccc1)N=C1NS(=O)(=O)c2ccccc21. The number of carbonyl (C=O) groups excluding carboxylic acids is 1. The summed E-state index contributed by atoms with van der Waals surface area (Å²) in [6, 6.07) is 14.1. The lowest BCUT2D eigenvalue weighted by Crippen LogP contribution is -2.37. The van der Waals surface area contributed by atoms with Crippen LogP contribution >= 0.6 is 0 Å². The van der Waals surface area contributed by atoms with Crippen molar-refractivity contribution in [2.45, 2.75) is 17.4 Å². The minimum atomic E-state index is -3.69. The summed E-state index contributed by atoms with van der Waals surface area (Å²) in [5.74, 6) is -1.32. The Kier molecular flexibility index (Phi) is 3.87. The Morgan fingerprint density at radius 3 is 2.43 bits per heavy atom. The molecule has 0 saturated carbocycles. The zero-order valence-corrected chi connectivity index (χ0v) is 12.8. The number of nitrogens with one attached hydrogen (secondary N) is 1. The third-order valence-electron chi connectivity index (χ3n) is 3.49. The number of carboxylic acid groups (broad SMARTS) is 1. The highest BCUT2D eigenvalue weighted by Gasteiger charge is 2.30. The average molecular weight is 329 g/mol. The Balaban J connectivity index is 1.97. The zero-order chi connectivity index (χ0) is 16.4. The Morgan fingerprint density at radius 1 is 1.09 bits per heavy atom. The number of carboxylic acids is 1. The van der Waals surface area contributed by atoms with Crippen molar-refractivity contribution in [1.29, 1.82) is 0 Å². The van der Waals surface area contributed by atoms with Gasteiger partial charge in [-0.05, 0) is 17.7 Å². The van der Waals surface area contributed by atoms with Gasteiger partial charge in [-0.2, -0.15) is 0 Å². The van der Waals surface area contributed by atoms with E-state index in [0.29, 0.717) is 5.56 Å². The van der Waals surface area contributed by atoms with Crippen molar-refractivity contribution in [3.63, 3.8) is 0 Å². The fourth-order valence-electron chi connectivity index (χ4n) is 2.40. The Labute approximate surface area is 133 Å². The quantitative estimate of drug-likeness (QED) is 0.859. The molecule has 118 valence electrons. The van der Waals surface area contributed by atoms with E-state index in [1.807, 2.05) is 6.07 Å². The molecule has 0 radical (unpaired) electrons. The predicted molar refractivity (Wildman–Crippen MR) is 82.2 cm³/mol. The Hall–Kier alpha value is -2.67. The highest BCUT2D eigenvalue weighted by atomic mass is 32.2. The number of hydrogen-bond donors (Lipinski definition) is 1. The number of fused-ring (bicyclic) bond motifs is 1. The second kappa shape index (κ2) is 5.85. The van der Waals surface area contributed by atoms with Gasteiger partial charge in [-0.25, -0.2) is 8.42 Å². The van der Waals surface area contributed by atoms with Gasteiger partial charge in [0.1, 0.15) is 5.84 Å². The van der Waals surface area contributed by atoms with Crippen LogP contribution in [0.5, 0.6) is 0 Å². The largest absolute Gasteiger partial charge is 0.548 e. The van der Waals surface area contributed by atoms with Crippen molar-refractivity contribution in [3.05, 3.63) is 65.7 Å². The molecule has 1 atom stereocenters. The fourth-order valence-corrected chi connectivity index (χ4v) is 3.64. The van der Waals surface area contributed by atoms with Crippen LogP contribution in [0.1, 0.15) is 11.1 Å². The van der Waals surface area contributed by atoms with Crippen LogP contribution in [-0.4, -0.2) is 26.3 Å². The first-order valence-corrected chi connectivity index (χ1v) is 8.40. The maximum absolute atomic E-state index is 12.0. The van der Waals surface area contributed by atoms with Crippen LogP contribution in [0, 0.1) is 0 Å². The molecule has 0 amide bonds. The molecule has 23 heavy (non-hydrogen) atoms. The molecule has 0 aromatic heterocycles. The summed E-state index contributed by atoms with van der Waals surface area (Å²) in [5, 5.41) is 11.4. The highest BCUT2D eigenvalue weighted by molar-refractivity contribution is 7.90. The second-order valence-corrected chi connectivity index (χ2v) is 6.75. The van der Waals surface area contributed by atoms with Crippen LogP contribution in [0.4, 0.5) is 0 Å². The van der Waals surface area contributed by atoms with Gasteiger partial charge in [0.15, 0.2) is 0 Å². The second-order valence-electron chi connectivity index (χ2n) is 5.10. The summed E-state index contributed by atoms with van der Waals surface area (Å²) >= 11 is 0. The molecule has 0 saturated heterocycles. The summed E-state index contributed by atoms with van der Waals surface area (Å²) in [5.41, 5.74) is 1.15. The number of amidine groups is 1. The Morgan fingerprint density at radius 2 is 1.74 bits per heavy atom. The van der Waals surface area contributed by atoms with Crippen LogP contribution in [0.15, 0.2) is 64.5 Å². The van der Waals surface area contributed by atoms with Crippen LogP contribution in [0.2, 0.25) is 0 Å². The van der Waals surface area contributed by atoms with Gasteiger partial charge in [0.05, 0.1) is 16.9 Å². The van der Waals surface area contributed by atoms with Crippen molar-refractivity contribution in [2.75, 3.05) is 0 Å². The van der Waals surface area contributed by atoms with Gasteiger partial charge < -0.3 is 9.90 Å². The summed E-state index contributed by atoms with van der Waals surface area (Å²) in [6.07, 6.45) is 0.122. The van der Waals surface area contributed by atoms with Crippen molar-refractivity contribution < 1.29 is 18.3 Å². The standard InChI is InChI=1S/C16H14N2O4S/c19-16(20)13(10-11-6-2-1-3-7-11)17-15-12-8-4-5-9-14(12)23(21,22)18-15/h1-9,13H,10H2,(H,17,18)(H,19,20)/p-1/t13-/m0/s1. The maximum Gasteiger partial charge on any atom is 0.263 e. The molecule has 1 heterocycles. The normalized spacial score (nSPS) is 18.2. The molecule has 1 aliphatic rings. The molecule has 2 aromatic carbocycles. The molecule has 0 aliphatic carbocycles. The molecular weight excluding hydrogens is 316 g/mol. The minimum Gasteiger partial charge on any atom is -0.548 e. The van der Waals surface area contributed by atoms with Crippen LogP contribution in [0.25, 0.3) is 0 Å². The lowest BCUT2D eigenvalue weighted by Gasteiger charge is -2.14. The molecule has 7 heteroatoms. The van der Waals surface area contributed by atoms with Gasteiger partial charge in [-0.15, -0.1) is 0 Å². The van der Waals surface area contributed by atoms with Crippen molar-refractivity contribution in [1.82, 2.24) is 4.72 Å². The number of rotatable bonds is 4. The predicted octanol–water partition coefficient (Wildman–Crippen LogP) is 0.0863. The third-order valence-corrected chi connectivity index (χ3v) is 4.89. The number of nitrogens with zero attached hydrogens (tertiary/aromatic N) is 1. The number of benzene rings is 2. The first kappa shape index (κ1) is 15.2. The van der Waals surface area contributed by atoms with Crippen molar-refractivity contribution in [3.8, 4) is 0 Å². The third kappa shape index (κ3) is 3.09. The number of aliphatic carboxylic acids is 1. The number of aliphatic imine (C=N–C) groups is 1. The molecule has 0 spiro atoms. The summed E-state index contributed by atoms with van der Waals surface area (Å²) in [4.78, 5) is 15.5. The number of sulfonamides is 1. The van der Waals surface area contributed by atoms with E-state index >= 15 is 0 Å². The van der Waals surface area contributed by atoms with E-state index in [4.69, 9.17) is 0 Å². The minimum absolute atomic E-state index is 0.0331. The van der Waals surface area contributed by atoms with E-state index in [0.717, 1.165) is 5.56 Å². The monoisotopic (exact) mass is 329 g/mol. The van der Waals surface area contributed by atoms with E-state index in [9.17, 15) is 18.3 Å². The number of carbonyl (C=O) groups is 1. The maximum atomic E-state index is 12.0. The zero-order valence-electron chi connectivity index (χ0n) is 12.0. The van der Waals surface area contributed by atoms with Gasteiger partial charge in [0.2, 0.25) is 0 Å². The molecule has 0 fully saturated rings. The van der Waals surface area contributed by atoms with Crippen molar-refractivity contribution in [2.24, 2.45) is 4.99 Å². The van der Waals surface area contributed by atoms with Gasteiger partial charge in [-0.1, -0.05) is 42.5 Å². The average Bonchev–Trinajstić information content (AvgIpc) is 2.79.